The van der Waals surface area contributed by atoms with Crippen LogP contribution >= 0.6 is 0 Å². The summed E-state index contributed by atoms with van der Waals surface area (Å²) in [5.74, 6) is -0.893. The molecule has 0 aromatic carbocycles. The number of carboxylic acid groups (broad SMARTS) is 1. The molecule has 1 rings (SSSR count). The van der Waals surface area contributed by atoms with Crippen molar-refractivity contribution < 1.29 is 9.90 Å². The highest BCUT2D eigenvalue weighted by atomic mass is 16.4. The molecule has 1 saturated heterocycles. The van der Waals surface area contributed by atoms with E-state index < -0.39 is 12.0 Å². The zero-order valence-electron chi connectivity index (χ0n) is 7.36. The van der Waals surface area contributed by atoms with E-state index in [4.69, 9.17) is 10.8 Å². The summed E-state index contributed by atoms with van der Waals surface area (Å²) in [5.41, 5.74) is 5.43. The second-order valence-corrected chi connectivity index (χ2v) is 3.46. The van der Waals surface area contributed by atoms with E-state index >= 15 is 0 Å². The molecule has 1 heterocycles. The van der Waals surface area contributed by atoms with Crippen molar-refractivity contribution in [2.45, 2.75) is 31.3 Å². The maximum atomic E-state index is 10.5. The standard InChI is InChI=1S/C8H16N2O2/c1-10-4-2-3-6(10)5-7(9)8(11)12/h6-7H,2-5,9H2,1H3,(H,11,12)/t6?,7-/m0/s1. The monoisotopic (exact) mass is 172 g/mol. The lowest BCUT2D eigenvalue weighted by Crippen LogP contribution is -2.37. The summed E-state index contributed by atoms with van der Waals surface area (Å²) in [6.07, 6.45) is 2.82. The summed E-state index contributed by atoms with van der Waals surface area (Å²) in [6.45, 7) is 1.07. The molecular weight excluding hydrogens is 156 g/mol. The third-order valence-corrected chi connectivity index (χ3v) is 2.51. The van der Waals surface area contributed by atoms with E-state index in [0.717, 1.165) is 19.4 Å². The van der Waals surface area contributed by atoms with Crippen molar-refractivity contribution >= 4 is 5.97 Å². The molecule has 0 aromatic heterocycles. The van der Waals surface area contributed by atoms with Crippen LogP contribution in [0.3, 0.4) is 0 Å². The van der Waals surface area contributed by atoms with Gasteiger partial charge in [-0.05, 0) is 32.9 Å². The Morgan fingerprint density at radius 1 is 1.83 bits per heavy atom. The normalized spacial score (nSPS) is 27.3. The molecule has 0 amide bonds. The molecule has 0 radical (unpaired) electrons. The maximum Gasteiger partial charge on any atom is 0.320 e. The number of rotatable bonds is 3. The Bertz CT molecular complexity index is 172. The predicted molar refractivity (Wildman–Crippen MR) is 45.9 cm³/mol. The van der Waals surface area contributed by atoms with Crippen LogP contribution in [0.1, 0.15) is 19.3 Å². The Labute approximate surface area is 72.3 Å². The average molecular weight is 172 g/mol. The van der Waals surface area contributed by atoms with Gasteiger partial charge in [0.1, 0.15) is 6.04 Å². The topological polar surface area (TPSA) is 66.6 Å². The van der Waals surface area contributed by atoms with Gasteiger partial charge in [-0.1, -0.05) is 0 Å². The lowest BCUT2D eigenvalue weighted by atomic mass is 10.1. The second kappa shape index (κ2) is 3.87. The van der Waals surface area contributed by atoms with Gasteiger partial charge in [0.15, 0.2) is 0 Å². The van der Waals surface area contributed by atoms with Crippen molar-refractivity contribution in [2.24, 2.45) is 5.73 Å². The summed E-state index contributed by atoms with van der Waals surface area (Å²) >= 11 is 0. The second-order valence-electron chi connectivity index (χ2n) is 3.46. The van der Waals surface area contributed by atoms with Crippen molar-refractivity contribution in [2.75, 3.05) is 13.6 Å². The third-order valence-electron chi connectivity index (χ3n) is 2.51. The maximum absolute atomic E-state index is 10.5. The average Bonchev–Trinajstić information content (AvgIpc) is 2.36. The quantitative estimate of drug-likeness (QED) is 0.623. The van der Waals surface area contributed by atoms with Gasteiger partial charge in [-0.15, -0.1) is 0 Å². The van der Waals surface area contributed by atoms with E-state index in [0.29, 0.717) is 12.5 Å². The van der Waals surface area contributed by atoms with Crippen LogP contribution in [0.15, 0.2) is 0 Å². The first-order valence-electron chi connectivity index (χ1n) is 4.30. The number of nitrogens with zero attached hydrogens (tertiary/aromatic N) is 1. The van der Waals surface area contributed by atoms with Crippen LogP contribution in [0.5, 0.6) is 0 Å². The molecule has 12 heavy (non-hydrogen) atoms. The minimum atomic E-state index is -0.893. The largest absolute Gasteiger partial charge is 0.480 e. The summed E-state index contributed by atoms with van der Waals surface area (Å²) in [5, 5.41) is 8.59. The molecule has 0 saturated carbocycles. The van der Waals surface area contributed by atoms with E-state index in [1.807, 2.05) is 7.05 Å². The molecule has 0 spiro atoms. The van der Waals surface area contributed by atoms with Gasteiger partial charge in [0.25, 0.3) is 0 Å². The molecule has 4 heteroatoms. The first kappa shape index (κ1) is 9.48. The first-order valence-corrected chi connectivity index (χ1v) is 4.30. The van der Waals surface area contributed by atoms with Crippen molar-refractivity contribution in [1.29, 1.82) is 0 Å². The van der Waals surface area contributed by atoms with E-state index in [1.54, 1.807) is 0 Å². The number of carbonyl (C=O) groups is 1. The van der Waals surface area contributed by atoms with Crippen molar-refractivity contribution in [3.8, 4) is 0 Å². The number of nitrogens with two attached hydrogens (primary N) is 1. The number of carboxylic acids is 1. The minimum absolute atomic E-state index is 0.371. The fourth-order valence-corrected chi connectivity index (χ4v) is 1.67. The van der Waals surface area contributed by atoms with Crippen LogP contribution in [-0.4, -0.2) is 41.7 Å². The van der Waals surface area contributed by atoms with Crippen molar-refractivity contribution in [3.05, 3.63) is 0 Å². The zero-order chi connectivity index (χ0) is 9.14. The van der Waals surface area contributed by atoms with Gasteiger partial charge < -0.3 is 15.7 Å². The highest BCUT2D eigenvalue weighted by Gasteiger charge is 2.25. The lowest BCUT2D eigenvalue weighted by molar-refractivity contribution is -0.138. The molecule has 0 aromatic rings. The van der Waals surface area contributed by atoms with Crippen LogP contribution in [0.2, 0.25) is 0 Å². The fraction of sp³-hybridized carbons (Fsp3) is 0.875. The van der Waals surface area contributed by atoms with E-state index in [9.17, 15) is 4.79 Å². The molecule has 1 fully saturated rings. The Morgan fingerprint density at radius 2 is 2.50 bits per heavy atom. The van der Waals surface area contributed by atoms with Gasteiger partial charge in [-0.2, -0.15) is 0 Å². The molecule has 3 N–H and O–H groups in total. The Balaban J connectivity index is 2.35. The smallest absolute Gasteiger partial charge is 0.320 e. The van der Waals surface area contributed by atoms with Gasteiger partial charge in [-0.25, -0.2) is 0 Å². The summed E-state index contributed by atoms with van der Waals surface area (Å²) in [6, 6.07) is -0.327. The summed E-state index contributed by atoms with van der Waals surface area (Å²) < 4.78 is 0. The first-order chi connectivity index (χ1) is 5.61. The van der Waals surface area contributed by atoms with E-state index in [-0.39, 0.29) is 0 Å². The van der Waals surface area contributed by atoms with Crippen LogP contribution < -0.4 is 5.73 Å². The molecule has 4 nitrogen and oxygen atoms in total. The third kappa shape index (κ3) is 2.19. The molecule has 2 atom stereocenters. The van der Waals surface area contributed by atoms with E-state index in [2.05, 4.69) is 4.90 Å². The SMILES string of the molecule is CN1CCCC1C[C@H](N)C(=O)O. The number of hydrogen-bond donors (Lipinski definition) is 2. The van der Waals surface area contributed by atoms with Crippen LogP contribution in [0.25, 0.3) is 0 Å². The molecule has 1 unspecified atom stereocenters. The Morgan fingerprint density at radius 3 is 2.92 bits per heavy atom. The lowest BCUT2D eigenvalue weighted by Gasteiger charge is -2.20. The van der Waals surface area contributed by atoms with Gasteiger partial charge in [0.05, 0.1) is 0 Å². The van der Waals surface area contributed by atoms with Gasteiger partial charge in [0.2, 0.25) is 0 Å². The number of aliphatic carboxylic acids is 1. The van der Waals surface area contributed by atoms with Gasteiger partial charge >= 0.3 is 5.97 Å². The van der Waals surface area contributed by atoms with Crippen LogP contribution in [-0.2, 0) is 4.79 Å². The predicted octanol–water partition coefficient (Wildman–Crippen LogP) is -0.117. The van der Waals surface area contributed by atoms with Gasteiger partial charge in [0, 0.05) is 6.04 Å². The highest BCUT2D eigenvalue weighted by Crippen LogP contribution is 2.18. The fourth-order valence-electron chi connectivity index (χ4n) is 1.67. The highest BCUT2D eigenvalue weighted by molar-refractivity contribution is 5.73. The Kier molecular flexibility index (Phi) is 3.05. The minimum Gasteiger partial charge on any atom is -0.480 e. The molecule has 1 aliphatic rings. The molecule has 1 aliphatic heterocycles. The van der Waals surface area contributed by atoms with Crippen LogP contribution in [0.4, 0.5) is 0 Å². The van der Waals surface area contributed by atoms with Crippen LogP contribution in [0, 0.1) is 0 Å². The summed E-state index contributed by atoms with van der Waals surface area (Å²) in [4.78, 5) is 12.6. The van der Waals surface area contributed by atoms with Crippen molar-refractivity contribution in [3.63, 3.8) is 0 Å². The summed E-state index contributed by atoms with van der Waals surface area (Å²) in [7, 11) is 2.02. The van der Waals surface area contributed by atoms with Crippen molar-refractivity contribution in [1.82, 2.24) is 4.90 Å². The number of likely N-dealkylation sites (tertiary alicyclic amines) is 1. The molecule has 0 aliphatic carbocycles. The number of hydrogen-bond acceptors (Lipinski definition) is 3. The molecule has 0 bridgehead atoms. The van der Waals surface area contributed by atoms with E-state index in [1.165, 1.54) is 0 Å². The molecular formula is C8H16N2O2. The molecule has 70 valence electrons. The zero-order valence-corrected chi connectivity index (χ0v) is 7.36. The van der Waals surface area contributed by atoms with Gasteiger partial charge in [-0.3, -0.25) is 4.79 Å². The Hall–Kier alpha value is -0.610.